The Labute approximate surface area is 174 Å². The van der Waals surface area contributed by atoms with E-state index in [1.165, 1.54) is 0 Å². The van der Waals surface area contributed by atoms with E-state index in [1.54, 1.807) is 55.3 Å². The summed E-state index contributed by atoms with van der Waals surface area (Å²) in [5.41, 5.74) is 6.95. The molecule has 6 nitrogen and oxygen atoms in total. The first kappa shape index (κ1) is 20.5. The van der Waals surface area contributed by atoms with E-state index in [4.69, 9.17) is 16.3 Å². The number of aromatic hydroxyl groups is 1. The van der Waals surface area contributed by atoms with Crippen molar-refractivity contribution in [3.63, 3.8) is 0 Å². The highest BCUT2D eigenvalue weighted by Gasteiger charge is 2.15. The predicted octanol–water partition coefficient (Wildman–Crippen LogP) is 4.44. The molecule has 0 spiro atoms. The molecule has 7 heteroatoms. The molecule has 3 aromatic rings. The van der Waals surface area contributed by atoms with Crippen LogP contribution >= 0.6 is 11.6 Å². The third-order valence-electron chi connectivity index (χ3n) is 4.61. The Hall–Kier alpha value is -3.25. The number of benzene rings is 2. The molecule has 0 atom stereocenters. The van der Waals surface area contributed by atoms with E-state index in [2.05, 4.69) is 10.5 Å². The minimum atomic E-state index is -0.338. The molecule has 2 N–H and O–H groups in total. The number of aryl methyl sites for hydroxylation is 3. The maximum atomic E-state index is 12.6. The number of aromatic nitrogens is 1. The molecule has 0 aliphatic carbocycles. The molecule has 2 aromatic carbocycles. The van der Waals surface area contributed by atoms with E-state index in [0.29, 0.717) is 16.5 Å². The number of nitrogens with zero attached hydrogens (tertiary/aromatic N) is 2. The lowest BCUT2D eigenvalue weighted by atomic mass is 10.1. The fraction of sp³-hybridized carbons (Fsp3) is 0.182. The van der Waals surface area contributed by atoms with Gasteiger partial charge in [-0.25, -0.2) is 5.43 Å². The highest BCUT2D eigenvalue weighted by molar-refractivity contribution is 6.30. The summed E-state index contributed by atoms with van der Waals surface area (Å²) in [5, 5.41) is 14.5. The van der Waals surface area contributed by atoms with Crippen LogP contribution in [0, 0.1) is 13.8 Å². The van der Waals surface area contributed by atoms with Crippen LogP contribution in [0.3, 0.4) is 0 Å². The summed E-state index contributed by atoms with van der Waals surface area (Å²) in [6, 6.07) is 10.7. The Balaban J connectivity index is 1.79. The second-order valence-electron chi connectivity index (χ2n) is 6.77. The van der Waals surface area contributed by atoms with Crippen LogP contribution < -0.4 is 10.2 Å². The predicted molar refractivity (Wildman–Crippen MR) is 115 cm³/mol. The lowest BCUT2D eigenvalue weighted by Crippen LogP contribution is -2.20. The zero-order valence-corrected chi connectivity index (χ0v) is 17.4. The van der Waals surface area contributed by atoms with Crippen LogP contribution in [0.5, 0.6) is 11.5 Å². The van der Waals surface area contributed by atoms with Crippen molar-refractivity contribution in [3.05, 3.63) is 70.0 Å². The third-order valence-corrected chi connectivity index (χ3v) is 4.84. The maximum absolute atomic E-state index is 12.6. The van der Waals surface area contributed by atoms with Gasteiger partial charge >= 0.3 is 0 Å². The first-order valence-corrected chi connectivity index (χ1v) is 9.32. The molecular weight excluding hydrogens is 390 g/mol. The average Bonchev–Trinajstić information content (AvgIpc) is 3.07. The monoisotopic (exact) mass is 411 g/mol. The number of hydrogen-bond donors (Lipinski definition) is 2. The van der Waals surface area contributed by atoms with Crippen LogP contribution in [0.25, 0.3) is 11.1 Å². The van der Waals surface area contributed by atoms with E-state index in [9.17, 15) is 9.90 Å². The smallest absolute Gasteiger partial charge is 0.287 e. The number of methoxy groups -OCH3 is 1. The Morgan fingerprint density at radius 3 is 2.55 bits per heavy atom. The van der Waals surface area contributed by atoms with Crippen LogP contribution in [0.1, 0.15) is 27.2 Å². The van der Waals surface area contributed by atoms with Crippen LogP contribution in [0.15, 0.2) is 47.7 Å². The largest absolute Gasteiger partial charge is 0.507 e. The molecule has 0 aliphatic heterocycles. The summed E-state index contributed by atoms with van der Waals surface area (Å²) in [4.78, 5) is 12.6. The van der Waals surface area contributed by atoms with E-state index in [-0.39, 0.29) is 11.7 Å². The van der Waals surface area contributed by atoms with Crippen molar-refractivity contribution < 1.29 is 14.6 Å². The van der Waals surface area contributed by atoms with Crippen molar-refractivity contribution in [2.75, 3.05) is 7.11 Å². The number of nitrogens with one attached hydrogen (secondary N) is 1. The number of rotatable bonds is 5. The van der Waals surface area contributed by atoms with E-state index in [1.807, 2.05) is 26.1 Å². The molecule has 0 saturated carbocycles. The topological polar surface area (TPSA) is 75.8 Å². The van der Waals surface area contributed by atoms with Crippen molar-refractivity contribution in [1.82, 2.24) is 9.99 Å². The molecule has 3 rings (SSSR count). The second kappa shape index (κ2) is 8.41. The SMILES string of the molecule is COc1cc(Cl)ccc1-c1cc(C(=O)N/N=C/c2cc(C)c(O)c(C)c2)n(C)c1. The maximum Gasteiger partial charge on any atom is 0.287 e. The molecule has 1 amide bonds. The van der Waals surface area contributed by atoms with Gasteiger partial charge in [0.25, 0.3) is 5.91 Å². The van der Waals surface area contributed by atoms with Crippen LogP contribution in [0.2, 0.25) is 5.02 Å². The molecule has 0 fully saturated rings. The molecule has 0 radical (unpaired) electrons. The summed E-state index contributed by atoms with van der Waals surface area (Å²) in [5.74, 6) is 0.557. The molecule has 0 aliphatic rings. The van der Waals surface area contributed by atoms with E-state index >= 15 is 0 Å². The van der Waals surface area contributed by atoms with Gasteiger partial charge in [0.2, 0.25) is 0 Å². The Morgan fingerprint density at radius 2 is 1.90 bits per heavy atom. The zero-order chi connectivity index (χ0) is 21.1. The Morgan fingerprint density at radius 1 is 1.21 bits per heavy atom. The number of hydrazone groups is 1. The van der Waals surface area contributed by atoms with Gasteiger partial charge in [-0.1, -0.05) is 11.6 Å². The Bertz CT molecular complexity index is 1080. The number of carbonyl (C=O) groups excluding carboxylic acids is 1. The van der Waals surface area contributed by atoms with Crippen molar-refractivity contribution >= 4 is 23.7 Å². The lowest BCUT2D eigenvalue weighted by molar-refractivity contribution is 0.0947. The number of amides is 1. The van der Waals surface area contributed by atoms with Crippen molar-refractivity contribution in [2.45, 2.75) is 13.8 Å². The van der Waals surface area contributed by atoms with Crippen LogP contribution in [0.4, 0.5) is 0 Å². The van der Waals surface area contributed by atoms with Gasteiger partial charge in [0.15, 0.2) is 0 Å². The fourth-order valence-corrected chi connectivity index (χ4v) is 3.29. The number of ether oxygens (including phenoxy) is 1. The van der Waals surface area contributed by atoms with Gasteiger partial charge < -0.3 is 14.4 Å². The Kier molecular flexibility index (Phi) is 5.94. The third kappa shape index (κ3) is 4.43. The quantitative estimate of drug-likeness (QED) is 0.481. The zero-order valence-electron chi connectivity index (χ0n) is 16.7. The second-order valence-corrected chi connectivity index (χ2v) is 7.21. The normalized spacial score (nSPS) is 11.1. The van der Waals surface area contributed by atoms with Gasteiger partial charge in [0, 0.05) is 29.4 Å². The van der Waals surface area contributed by atoms with E-state index < -0.39 is 0 Å². The number of phenols is 1. The molecule has 0 unspecified atom stereocenters. The van der Waals surface area contributed by atoms with Gasteiger partial charge in [-0.3, -0.25) is 4.79 Å². The minimum absolute atomic E-state index is 0.264. The van der Waals surface area contributed by atoms with Gasteiger partial charge in [0.05, 0.1) is 13.3 Å². The molecule has 0 saturated heterocycles. The molecule has 1 heterocycles. The summed E-state index contributed by atoms with van der Waals surface area (Å²) < 4.78 is 7.12. The van der Waals surface area contributed by atoms with Crippen LogP contribution in [-0.4, -0.2) is 28.9 Å². The minimum Gasteiger partial charge on any atom is -0.507 e. The van der Waals surface area contributed by atoms with Crippen molar-refractivity contribution in [3.8, 4) is 22.6 Å². The highest BCUT2D eigenvalue weighted by Crippen LogP contribution is 2.33. The highest BCUT2D eigenvalue weighted by atomic mass is 35.5. The first-order chi connectivity index (χ1) is 13.8. The molecule has 29 heavy (non-hydrogen) atoms. The summed E-state index contributed by atoms with van der Waals surface area (Å²) in [6.45, 7) is 3.63. The summed E-state index contributed by atoms with van der Waals surface area (Å²) >= 11 is 6.03. The number of hydrogen-bond acceptors (Lipinski definition) is 4. The van der Waals surface area contributed by atoms with E-state index in [0.717, 1.165) is 27.8 Å². The average molecular weight is 412 g/mol. The summed E-state index contributed by atoms with van der Waals surface area (Å²) in [6.07, 6.45) is 3.39. The number of carbonyl (C=O) groups is 1. The van der Waals surface area contributed by atoms with Crippen molar-refractivity contribution in [2.24, 2.45) is 12.1 Å². The van der Waals surface area contributed by atoms with Crippen LogP contribution in [-0.2, 0) is 7.05 Å². The standard InChI is InChI=1S/C22H22ClN3O3/c1-13-7-15(8-14(2)21(13)27)11-24-25-22(28)19-9-16(12-26(19)3)18-6-5-17(23)10-20(18)29-4/h5-12,27H,1-4H3,(H,25,28)/b24-11+. The molecule has 0 bridgehead atoms. The lowest BCUT2D eigenvalue weighted by Gasteiger charge is -2.06. The number of halogens is 1. The van der Waals surface area contributed by atoms with Crippen molar-refractivity contribution in [1.29, 1.82) is 0 Å². The fourth-order valence-electron chi connectivity index (χ4n) is 3.13. The van der Waals surface area contributed by atoms with Gasteiger partial charge in [-0.15, -0.1) is 0 Å². The molecular formula is C22H22ClN3O3. The van der Waals surface area contributed by atoms with Gasteiger partial charge in [-0.05, 0) is 66.9 Å². The molecule has 1 aromatic heterocycles. The summed E-state index contributed by atoms with van der Waals surface area (Å²) in [7, 11) is 3.37. The van der Waals surface area contributed by atoms with Gasteiger partial charge in [-0.2, -0.15) is 5.10 Å². The van der Waals surface area contributed by atoms with Gasteiger partial charge in [0.1, 0.15) is 17.2 Å². The first-order valence-electron chi connectivity index (χ1n) is 8.94. The molecule has 150 valence electrons. The number of phenolic OH excluding ortho intramolecular Hbond substituents is 1.